The van der Waals surface area contributed by atoms with E-state index in [1.54, 1.807) is 10.8 Å². The summed E-state index contributed by atoms with van der Waals surface area (Å²) in [5, 5.41) is 13.7. The Morgan fingerprint density at radius 1 is 1.38 bits per heavy atom. The number of pyridine rings is 2. The van der Waals surface area contributed by atoms with Crippen LogP contribution in [-0.4, -0.2) is 26.8 Å². The molecule has 5 nitrogen and oxygen atoms in total. The number of hydrogen-bond acceptors (Lipinski definition) is 4. The fourth-order valence-electron chi connectivity index (χ4n) is 2.30. The summed E-state index contributed by atoms with van der Waals surface area (Å²) >= 11 is 0. The Morgan fingerprint density at radius 3 is 2.71 bits per heavy atom. The predicted octanol–water partition coefficient (Wildman–Crippen LogP) is 2.30. The van der Waals surface area contributed by atoms with Gasteiger partial charge in [0.2, 0.25) is 0 Å². The Bertz CT molecular complexity index is 699. The number of aryl methyl sites for hydroxylation is 2. The molecule has 0 atom stereocenters. The summed E-state index contributed by atoms with van der Waals surface area (Å²) in [6.07, 6.45) is 2.34. The molecular formula is C16H23N3O2. The van der Waals surface area contributed by atoms with Crippen LogP contribution in [0.3, 0.4) is 0 Å². The Balaban J connectivity index is 2.63. The van der Waals surface area contributed by atoms with Crippen LogP contribution < -0.4 is 10.9 Å². The number of nitrogens with one attached hydrogen (secondary N) is 1. The van der Waals surface area contributed by atoms with Crippen molar-refractivity contribution in [3.05, 3.63) is 34.4 Å². The highest BCUT2D eigenvalue weighted by Crippen LogP contribution is 2.22. The summed E-state index contributed by atoms with van der Waals surface area (Å²) < 4.78 is 1.63. The van der Waals surface area contributed by atoms with E-state index in [1.165, 1.54) is 0 Å². The van der Waals surface area contributed by atoms with Gasteiger partial charge in [-0.3, -0.25) is 4.79 Å². The van der Waals surface area contributed by atoms with Crippen LogP contribution in [0, 0.1) is 6.92 Å². The van der Waals surface area contributed by atoms with Gasteiger partial charge in [0.05, 0.1) is 5.39 Å². The maximum Gasteiger partial charge on any atom is 0.262 e. The van der Waals surface area contributed by atoms with E-state index in [0.29, 0.717) is 24.2 Å². The molecule has 0 fully saturated rings. The standard InChI is InChI=1S/C16H23N3O2/c1-11-10-12-6-8-19(7-5-9-20)15(21)13(12)14(17-11)18-16(2,3)4/h6,8,10,20H,5,7,9H2,1-4H3,(H,17,18). The minimum absolute atomic E-state index is 0.0693. The van der Waals surface area contributed by atoms with E-state index in [9.17, 15) is 4.79 Å². The molecule has 21 heavy (non-hydrogen) atoms. The first kappa shape index (κ1) is 15.5. The molecule has 0 aliphatic carbocycles. The summed E-state index contributed by atoms with van der Waals surface area (Å²) in [7, 11) is 0. The number of fused-ring (bicyclic) bond motifs is 1. The SMILES string of the molecule is Cc1cc2ccn(CCCO)c(=O)c2c(NC(C)(C)C)n1. The number of aliphatic hydroxyl groups is 1. The lowest BCUT2D eigenvalue weighted by molar-refractivity contribution is 0.279. The molecule has 0 saturated carbocycles. The second-order valence-electron chi connectivity index (χ2n) is 6.34. The maximum atomic E-state index is 12.7. The molecule has 0 unspecified atom stereocenters. The van der Waals surface area contributed by atoms with Gasteiger partial charge >= 0.3 is 0 Å². The number of aromatic nitrogens is 2. The van der Waals surface area contributed by atoms with E-state index in [4.69, 9.17) is 5.11 Å². The predicted molar refractivity (Wildman–Crippen MR) is 85.8 cm³/mol. The third kappa shape index (κ3) is 3.61. The van der Waals surface area contributed by atoms with Crippen LogP contribution in [0.5, 0.6) is 0 Å². The molecule has 0 aliphatic heterocycles. The van der Waals surface area contributed by atoms with Crippen LogP contribution in [0.4, 0.5) is 5.82 Å². The van der Waals surface area contributed by atoms with E-state index in [0.717, 1.165) is 11.1 Å². The first-order chi connectivity index (χ1) is 9.81. The van der Waals surface area contributed by atoms with Gasteiger partial charge in [-0.2, -0.15) is 0 Å². The van der Waals surface area contributed by atoms with Gasteiger partial charge in [-0.15, -0.1) is 0 Å². The van der Waals surface area contributed by atoms with E-state index >= 15 is 0 Å². The Hall–Kier alpha value is -1.88. The number of hydrogen-bond donors (Lipinski definition) is 2. The largest absolute Gasteiger partial charge is 0.396 e. The summed E-state index contributed by atoms with van der Waals surface area (Å²) in [6.45, 7) is 8.62. The van der Waals surface area contributed by atoms with Gasteiger partial charge in [-0.1, -0.05) is 0 Å². The molecule has 2 N–H and O–H groups in total. The Morgan fingerprint density at radius 2 is 2.10 bits per heavy atom. The van der Waals surface area contributed by atoms with Crippen molar-refractivity contribution >= 4 is 16.6 Å². The molecule has 0 bridgehead atoms. The summed E-state index contributed by atoms with van der Waals surface area (Å²) in [4.78, 5) is 17.1. The molecule has 5 heteroatoms. The van der Waals surface area contributed by atoms with E-state index < -0.39 is 0 Å². The van der Waals surface area contributed by atoms with Crippen molar-refractivity contribution in [3.8, 4) is 0 Å². The molecule has 0 saturated heterocycles. The fourth-order valence-corrected chi connectivity index (χ4v) is 2.30. The Labute approximate surface area is 124 Å². The molecule has 0 spiro atoms. The minimum Gasteiger partial charge on any atom is -0.396 e. The molecule has 2 rings (SSSR count). The van der Waals surface area contributed by atoms with Crippen molar-refractivity contribution in [1.82, 2.24) is 9.55 Å². The normalized spacial score (nSPS) is 11.9. The van der Waals surface area contributed by atoms with Crippen LogP contribution in [0.2, 0.25) is 0 Å². The lowest BCUT2D eigenvalue weighted by Gasteiger charge is -2.22. The number of aliphatic hydroxyl groups excluding tert-OH is 1. The lowest BCUT2D eigenvalue weighted by Crippen LogP contribution is -2.29. The highest BCUT2D eigenvalue weighted by Gasteiger charge is 2.16. The van der Waals surface area contributed by atoms with Gasteiger partial charge in [0, 0.05) is 30.6 Å². The monoisotopic (exact) mass is 289 g/mol. The third-order valence-electron chi connectivity index (χ3n) is 3.14. The first-order valence-corrected chi connectivity index (χ1v) is 7.21. The van der Waals surface area contributed by atoms with E-state index in [1.807, 2.05) is 39.8 Å². The molecule has 0 radical (unpaired) electrons. The molecule has 114 valence electrons. The smallest absolute Gasteiger partial charge is 0.262 e. The Kier molecular flexibility index (Phi) is 4.32. The van der Waals surface area contributed by atoms with Gasteiger partial charge in [0.25, 0.3) is 5.56 Å². The molecular weight excluding hydrogens is 266 g/mol. The van der Waals surface area contributed by atoms with Crippen molar-refractivity contribution in [2.24, 2.45) is 0 Å². The zero-order valence-corrected chi connectivity index (χ0v) is 13.1. The van der Waals surface area contributed by atoms with Crippen LogP contribution in [-0.2, 0) is 6.54 Å². The van der Waals surface area contributed by atoms with Crippen molar-refractivity contribution < 1.29 is 5.11 Å². The van der Waals surface area contributed by atoms with Gasteiger partial charge in [-0.05, 0) is 51.6 Å². The quantitative estimate of drug-likeness (QED) is 0.906. The maximum absolute atomic E-state index is 12.7. The van der Waals surface area contributed by atoms with Crippen molar-refractivity contribution in [2.75, 3.05) is 11.9 Å². The van der Waals surface area contributed by atoms with Gasteiger partial charge in [-0.25, -0.2) is 4.98 Å². The molecule has 2 aromatic heterocycles. The average Bonchev–Trinajstić information content (AvgIpc) is 2.35. The number of rotatable bonds is 4. The molecule has 0 aromatic carbocycles. The van der Waals surface area contributed by atoms with Crippen molar-refractivity contribution in [2.45, 2.75) is 46.2 Å². The van der Waals surface area contributed by atoms with Crippen molar-refractivity contribution in [3.63, 3.8) is 0 Å². The van der Waals surface area contributed by atoms with Crippen LogP contribution >= 0.6 is 0 Å². The minimum atomic E-state index is -0.175. The van der Waals surface area contributed by atoms with E-state index in [-0.39, 0.29) is 17.7 Å². The second kappa shape index (κ2) is 5.85. The third-order valence-corrected chi connectivity index (χ3v) is 3.14. The number of nitrogens with zero attached hydrogens (tertiary/aromatic N) is 2. The highest BCUT2D eigenvalue weighted by atomic mass is 16.3. The van der Waals surface area contributed by atoms with Crippen molar-refractivity contribution in [1.29, 1.82) is 0 Å². The zero-order chi connectivity index (χ0) is 15.6. The second-order valence-corrected chi connectivity index (χ2v) is 6.34. The van der Waals surface area contributed by atoms with E-state index in [2.05, 4.69) is 10.3 Å². The number of anilines is 1. The first-order valence-electron chi connectivity index (χ1n) is 7.21. The molecule has 0 amide bonds. The summed E-state index contributed by atoms with van der Waals surface area (Å²) in [5.41, 5.74) is 0.633. The summed E-state index contributed by atoms with van der Waals surface area (Å²) in [5.74, 6) is 0.626. The molecule has 0 aliphatic rings. The van der Waals surface area contributed by atoms with Gasteiger partial charge in [0.15, 0.2) is 0 Å². The van der Waals surface area contributed by atoms with Crippen LogP contribution in [0.25, 0.3) is 10.8 Å². The van der Waals surface area contributed by atoms with Crippen LogP contribution in [0.15, 0.2) is 23.1 Å². The lowest BCUT2D eigenvalue weighted by atomic mass is 10.1. The summed E-state index contributed by atoms with van der Waals surface area (Å²) in [6, 6.07) is 3.84. The van der Waals surface area contributed by atoms with Gasteiger partial charge < -0.3 is 15.0 Å². The van der Waals surface area contributed by atoms with Gasteiger partial charge in [0.1, 0.15) is 5.82 Å². The average molecular weight is 289 g/mol. The molecule has 2 heterocycles. The fraction of sp³-hybridized carbons (Fsp3) is 0.500. The topological polar surface area (TPSA) is 67.2 Å². The zero-order valence-electron chi connectivity index (χ0n) is 13.1. The molecule has 2 aromatic rings. The highest BCUT2D eigenvalue weighted by molar-refractivity contribution is 5.91. The van der Waals surface area contributed by atoms with Crippen LogP contribution in [0.1, 0.15) is 32.9 Å².